The second-order valence-electron chi connectivity index (χ2n) is 13.2. The van der Waals surface area contributed by atoms with E-state index in [-0.39, 0.29) is 0 Å². The van der Waals surface area contributed by atoms with Crippen LogP contribution in [0.3, 0.4) is 0 Å². The van der Waals surface area contributed by atoms with Crippen LogP contribution in [-0.4, -0.2) is 19.5 Å². The lowest BCUT2D eigenvalue weighted by molar-refractivity contribution is 1.08. The molecule has 0 unspecified atom stereocenters. The molecule has 9 aromatic carbocycles. The summed E-state index contributed by atoms with van der Waals surface area (Å²) >= 11 is 0. The van der Waals surface area contributed by atoms with Gasteiger partial charge in [-0.25, -0.2) is 15.0 Å². The fourth-order valence-electron chi connectivity index (χ4n) is 8.18. The van der Waals surface area contributed by atoms with Gasteiger partial charge in [-0.05, 0) is 56.6 Å². The SMILES string of the molecule is c1ccc(-c2nc(-c3ccccc3)nc(-c3ccc(-n4c5cccc6c7ccccc7c7c8ccccc8cc4c7c65)c4ccccc34)n2)cc1. The molecule has 0 bridgehead atoms. The Morgan fingerprint density at radius 3 is 1.61 bits per heavy atom. The molecule has 0 fully saturated rings. The van der Waals surface area contributed by atoms with Gasteiger partial charge in [0.15, 0.2) is 17.5 Å². The van der Waals surface area contributed by atoms with E-state index in [1.165, 1.54) is 54.1 Å². The van der Waals surface area contributed by atoms with E-state index in [2.05, 4.69) is 138 Å². The predicted molar refractivity (Wildman–Crippen MR) is 212 cm³/mol. The summed E-state index contributed by atoms with van der Waals surface area (Å²) in [5, 5.41) is 12.5. The van der Waals surface area contributed by atoms with Crippen LogP contribution in [0.5, 0.6) is 0 Å². The Morgan fingerprint density at radius 1 is 0.333 bits per heavy atom. The summed E-state index contributed by atoms with van der Waals surface area (Å²) < 4.78 is 2.47. The van der Waals surface area contributed by atoms with Crippen molar-refractivity contribution in [2.75, 3.05) is 0 Å². The number of nitrogens with zero attached hydrogens (tertiary/aromatic N) is 4. The van der Waals surface area contributed by atoms with Crippen LogP contribution in [0.2, 0.25) is 0 Å². The summed E-state index contributed by atoms with van der Waals surface area (Å²) in [5.41, 5.74) is 6.40. The third kappa shape index (κ3) is 4.11. The molecule has 0 saturated heterocycles. The minimum absolute atomic E-state index is 0.650. The zero-order chi connectivity index (χ0) is 33.5. The second-order valence-corrected chi connectivity index (χ2v) is 13.2. The van der Waals surface area contributed by atoms with Crippen molar-refractivity contribution in [2.45, 2.75) is 0 Å². The summed E-state index contributed by atoms with van der Waals surface area (Å²) in [7, 11) is 0. The third-order valence-corrected chi connectivity index (χ3v) is 10.4. The molecule has 0 aliphatic carbocycles. The first-order chi connectivity index (χ1) is 25.3. The van der Waals surface area contributed by atoms with Gasteiger partial charge in [0.1, 0.15) is 0 Å². The highest BCUT2D eigenvalue weighted by atomic mass is 15.0. The van der Waals surface area contributed by atoms with Gasteiger partial charge in [0.2, 0.25) is 0 Å². The fourth-order valence-corrected chi connectivity index (χ4v) is 8.18. The van der Waals surface area contributed by atoms with E-state index in [0.29, 0.717) is 17.5 Å². The van der Waals surface area contributed by atoms with Gasteiger partial charge in [-0.2, -0.15) is 0 Å². The van der Waals surface area contributed by atoms with Gasteiger partial charge in [0.05, 0.1) is 16.7 Å². The quantitative estimate of drug-likeness (QED) is 0.178. The van der Waals surface area contributed by atoms with Crippen molar-refractivity contribution in [2.24, 2.45) is 0 Å². The maximum absolute atomic E-state index is 5.10. The first kappa shape index (κ1) is 28.0. The predicted octanol–water partition coefficient (Wildman–Crippen LogP) is 12.0. The molecule has 4 heteroatoms. The first-order valence-electron chi connectivity index (χ1n) is 17.3. The lowest BCUT2D eigenvalue weighted by Crippen LogP contribution is -2.01. The Labute approximate surface area is 293 Å². The molecule has 11 aromatic rings. The summed E-state index contributed by atoms with van der Waals surface area (Å²) in [6, 6.07) is 60.2. The van der Waals surface area contributed by atoms with Gasteiger partial charge in [0, 0.05) is 38.2 Å². The standard InChI is InChI=1S/C47H28N4/c1-3-14-29(15-4-1)45-48-46(30-16-5-2-6-17-30)50-47(49-45)38-26-27-39(35-22-11-9-20-33(35)38)51-40-25-13-24-37-34-21-10-12-23-36(34)42-32-19-8-7-18-31(32)28-41(51)44(42)43(37)40/h1-28H. The largest absolute Gasteiger partial charge is 0.309 e. The normalized spacial score (nSPS) is 11.9. The molecule has 2 heterocycles. The summed E-state index contributed by atoms with van der Waals surface area (Å²) in [5.74, 6) is 1.96. The molecule has 236 valence electrons. The molecule has 4 nitrogen and oxygen atoms in total. The van der Waals surface area contributed by atoms with Crippen LogP contribution in [0.1, 0.15) is 0 Å². The number of aromatic nitrogens is 4. The van der Waals surface area contributed by atoms with Crippen LogP contribution >= 0.6 is 0 Å². The average Bonchev–Trinajstić information content (AvgIpc) is 3.54. The molecule has 0 saturated carbocycles. The zero-order valence-electron chi connectivity index (χ0n) is 27.5. The Bertz CT molecular complexity index is 3060. The molecule has 2 aromatic heterocycles. The maximum atomic E-state index is 5.10. The lowest BCUT2D eigenvalue weighted by Gasteiger charge is -2.15. The first-order valence-corrected chi connectivity index (χ1v) is 17.3. The van der Waals surface area contributed by atoms with Gasteiger partial charge in [-0.3, -0.25) is 0 Å². The van der Waals surface area contributed by atoms with Crippen molar-refractivity contribution in [1.82, 2.24) is 19.5 Å². The van der Waals surface area contributed by atoms with E-state index in [0.717, 1.165) is 33.2 Å². The van der Waals surface area contributed by atoms with E-state index >= 15 is 0 Å². The number of rotatable bonds is 4. The van der Waals surface area contributed by atoms with E-state index in [1.807, 2.05) is 36.4 Å². The van der Waals surface area contributed by atoms with Crippen LogP contribution in [0.15, 0.2) is 170 Å². The number of benzene rings is 9. The Kier molecular flexibility index (Phi) is 5.92. The highest BCUT2D eigenvalue weighted by Crippen LogP contribution is 2.47. The summed E-state index contributed by atoms with van der Waals surface area (Å²) in [6.07, 6.45) is 0. The molecule has 0 radical (unpaired) electrons. The molecule has 0 amide bonds. The number of hydrogen-bond acceptors (Lipinski definition) is 3. The maximum Gasteiger partial charge on any atom is 0.164 e. The highest BCUT2D eigenvalue weighted by molar-refractivity contribution is 6.39. The molecule has 0 atom stereocenters. The van der Waals surface area contributed by atoms with Crippen molar-refractivity contribution < 1.29 is 0 Å². The minimum Gasteiger partial charge on any atom is -0.309 e. The van der Waals surface area contributed by atoms with Gasteiger partial charge in [0.25, 0.3) is 0 Å². The Balaban J connectivity index is 1.23. The van der Waals surface area contributed by atoms with E-state index in [9.17, 15) is 0 Å². The lowest BCUT2D eigenvalue weighted by atomic mass is 9.91. The van der Waals surface area contributed by atoms with E-state index in [4.69, 9.17) is 15.0 Å². The zero-order valence-corrected chi connectivity index (χ0v) is 27.5. The topological polar surface area (TPSA) is 43.6 Å². The van der Waals surface area contributed by atoms with E-state index in [1.54, 1.807) is 0 Å². The van der Waals surface area contributed by atoms with Crippen molar-refractivity contribution in [1.29, 1.82) is 0 Å². The van der Waals surface area contributed by atoms with Crippen molar-refractivity contribution >= 4 is 64.9 Å². The van der Waals surface area contributed by atoms with Gasteiger partial charge in [-0.1, -0.05) is 146 Å². The molecule has 0 aliphatic rings. The molecular weight excluding hydrogens is 621 g/mol. The molecule has 0 aliphatic heterocycles. The second kappa shape index (κ2) is 10.8. The average molecular weight is 649 g/mol. The van der Waals surface area contributed by atoms with Crippen molar-refractivity contribution in [3.63, 3.8) is 0 Å². The summed E-state index contributed by atoms with van der Waals surface area (Å²) in [4.78, 5) is 15.1. The van der Waals surface area contributed by atoms with Crippen LogP contribution in [0.25, 0.3) is 105 Å². The minimum atomic E-state index is 0.650. The molecule has 51 heavy (non-hydrogen) atoms. The van der Waals surface area contributed by atoms with Crippen LogP contribution in [-0.2, 0) is 0 Å². The Hall–Kier alpha value is -6.91. The smallest absolute Gasteiger partial charge is 0.164 e. The van der Waals surface area contributed by atoms with Crippen LogP contribution in [0.4, 0.5) is 0 Å². The van der Waals surface area contributed by atoms with Crippen molar-refractivity contribution in [3.05, 3.63) is 170 Å². The van der Waals surface area contributed by atoms with Crippen LogP contribution < -0.4 is 0 Å². The monoisotopic (exact) mass is 648 g/mol. The molecule has 0 N–H and O–H groups in total. The van der Waals surface area contributed by atoms with Crippen LogP contribution in [0, 0.1) is 0 Å². The Morgan fingerprint density at radius 2 is 0.882 bits per heavy atom. The molecule has 0 spiro atoms. The highest BCUT2D eigenvalue weighted by Gasteiger charge is 2.23. The fraction of sp³-hybridized carbons (Fsp3) is 0. The number of fused-ring (bicyclic) bond motifs is 6. The van der Waals surface area contributed by atoms with Gasteiger partial charge >= 0.3 is 0 Å². The number of hydrogen-bond donors (Lipinski definition) is 0. The van der Waals surface area contributed by atoms with E-state index < -0.39 is 0 Å². The van der Waals surface area contributed by atoms with Gasteiger partial charge < -0.3 is 4.57 Å². The summed E-state index contributed by atoms with van der Waals surface area (Å²) in [6.45, 7) is 0. The van der Waals surface area contributed by atoms with Crippen molar-refractivity contribution in [3.8, 4) is 39.9 Å². The van der Waals surface area contributed by atoms with Gasteiger partial charge in [-0.15, -0.1) is 0 Å². The molecule has 11 rings (SSSR count). The molecular formula is C47H28N4. The third-order valence-electron chi connectivity index (χ3n) is 10.4.